The zero-order chi connectivity index (χ0) is 24.7. The van der Waals surface area contributed by atoms with Crippen LogP contribution in [0.5, 0.6) is 0 Å². The summed E-state index contributed by atoms with van der Waals surface area (Å²) < 4.78 is 0. The number of fused-ring (bicyclic) bond motifs is 1. The fourth-order valence-corrected chi connectivity index (χ4v) is 5.92. The minimum Gasteiger partial charge on any atom is -0.346 e. The molecule has 1 saturated heterocycles. The zero-order valence-electron chi connectivity index (χ0n) is 20.0. The Balaban J connectivity index is 1.75. The normalized spacial score (nSPS) is 26.1. The van der Waals surface area contributed by atoms with Crippen molar-refractivity contribution in [2.24, 2.45) is 23.5 Å². The maximum atomic E-state index is 13.5. The van der Waals surface area contributed by atoms with Gasteiger partial charge in [0, 0.05) is 19.5 Å². The van der Waals surface area contributed by atoms with Gasteiger partial charge in [-0.3, -0.25) is 19.2 Å². The second-order valence-electron chi connectivity index (χ2n) is 9.88. The minimum absolute atomic E-state index is 0.0421. The van der Waals surface area contributed by atoms with E-state index in [-0.39, 0.29) is 43.0 Å². The Hall–Kier alpha value is -2.66. The number of hydrogen-bond acceptors (Lipinski definition) is 5. The van der Waals surface area contributed by atoms with E-state index in [1.165, 1.54) is 12.5 Å². The van der Waals surface area contributed by atoms with Crippen LogP contribution in [-0.4, -0.2) is 59.6 Å². The van der Waals surface area contributed by atoms with E-state index < -0.39 is 35.7 Å². The van der Waals surface area contributed by atoms with Gasteiger partial charge < -0.3 is 21.3 Å². The van der Waals surface area contributed by atoms with Gasteiger partial charge in [-0.2, -0.15) is 0 Å². The largest absolute Gasteiger partial charge is 0.346 e. The Morgan fingerprint density at radius 2 is 1.85 bits per heavy atom. The first-order chi connectivity index (χ1) is 16.4. The van der Waals surface area contributed by atoms with Crippen molar-refractivity contribution in [2.75, 3.05) is 13.1 Å². The molecule has 0 spiro atoms. The molecule has 0 aromatic carbocycles. The Morgan fingerprint density at radius 1 is 1.12 bits per heavy atom. The second-order valence-corrected chi connectivity index (χ2v) is 9.88. The summed E-state index contributed by atoms with van der Waals surface area (Å²) in [5.41, 5.74) is 6.43. The first kappa shape index (κ1) is 26.0. The van der Waals surface area contributed by atoms with E-state index in [1.807, 2.05) is 0 Å². The van der Waals surface area contributed by atoms with Crippen molar-refractivity contribution in [3.8, 4) is 12.3 Å². The fraction of sp³-hybridized carbons (Fsp3) is 0.692. The van der Waals surface area contributed by atoms with Crippen LogP contribution in [0.15, 0.2) is 12.7 Å². The third-order valence-electron chi connectivity index (χ3n) is 7.73. The zero-order valence-corrected chi connectivity index (χ0v) is 20.0. The van der Waals surface area contributed by atoms with Crippen molar-refractivity contribution >= 4 is 23.5 Å². The molecule has 0 bridgehead atoms. The van der Waals surface area contributed by atoms with Crippen LogP contribution in [0.25, 0.3) is 0 Å². The van der Waals surface area contributed by atoms with Gasteiger partial charge in [-0.05, 0) is 49.9 Å². The number of ketones is 1. The summed E-state index contributed by atoms with van der Waals surface area (Å²) in [6.45, 7) is 4.19. The van der Waals surface area contributed by atoms with Crippen LogP contribution in [0.4, 0.5) is 0 Å². The predicted octanol–water partition coefficient (Wildman–Crippen LogP) is 1.29. The molecule has 34 heavy (non-hydrogen) atoms. The third-order valence-corrected chi connectivity index (χ3v) is 7.73. The van der Waals surface area contributed by atoms with Crippen molar-refractivity contribution in [3.63, 3.8) is 0 Å². The van der Waals surface area contributed by atoms with E-state index in [1.54, 1.807) is 4.90 Å². The van der Waals surface area contributed by atoms with Crippen LogP contribution in [0.1, 0.15) is 64.2 Å². The van der Waals surface area contributed by atoms with Gasteiger partial charge in [0.15, 0.2) is 0 Å². The van der Waals surface area contributed by atoms with Crippen molar-refractivity contribution in [1.29, 1.82) is 0 Å². The number of nitrogens with one attached hydrogen (secondary N) is 2. The number of amides is 3. The summed E-state index contributed by atoms with van der Waals surface area (Å²) in [5.74, 6) is 0.797. The topological polar surface area (TPSA) is 122 Å². The van der Waals surface area contributed by atoms with Gasteiger partial charge >= 0.3 is 0 Å². The molecule has 3 amide bonds. The van der Waals surface area contributed by atoms with Crippen molar-refractivity contribution in [2.45, 2.75) is 82.3 Å². The highest BCUT2D eigenvalue weighted by molar-refractivity contribution is 6.38. The van der Waals surface area contributed by atoms with Gasteiger partial charge in [-0.25, -0.2) is 0 Å². The molecule has 3 aliphatic rings. The van der Waals surface area contributed by atoms with Gasteiger partial charge in [-0.15, -0.1) is 18.9 Å². The Morgan fingerprint density at radius 3 is 2.53 bits per heavy atom. The average molecular weight is 471 g/mol. The lowest BCUT2D eigenvalue weighted by Gasteiger charge is -2.33. The molecule has 1 aliphatic heterocycles. The molecule has 2 saturated carbocycles. The van der Waals surface area contributed by atoms with Crippen molar-refractivity contribution in [3.05, 3.63) is 12.7 Å². The summed E-state index contributed by atoms with van der Waals surface area (Å²) in [5, 5.41) is 5.22. The third kappa shape index (κ3) is 5.87. The first-order valence-electron chi connectivity index (χ1n) is 12.6. The van der Waals surface area contributed by atoms with Gasteiger partial charge in [0.2, 0.25) is 17.6 Å². The quantitative estimate of drug-likeness (QED) is 0.252. The molecule has 3 fully saturated rings. The highest BCUT2D eigenvalue weighted by Crippen LogP contribution is 2.43. The van der Waals surface area contributed by atoms with Crippen LogP contribution in [0, 0.1) is 30.1 Å². The molecular formula is C26H38N4O4. The molecule has 3 rings (SSSR count). The van der Waals surface area contributed by atoms with Crippen LogP contribution in [-0.2, 0) is 19.2 Å². The maximum Gasteiger partial charge on any atom is 0.289 e. The molecule has 8 heteroatoms. The molecule has 186 valence electrons. The van der Waals surface area contributed by atoms with E-state index in [0.717, 1.165) is 44.9 Å². The standard InChI is InChI=1S/C26H38N4O4/c1-3-5-14-20(23(31)25(33)28-15-4-2)29-24(32)22-19-13-9-12-18(19)16-30(22)26(34)21(27)17-10-7-6-8-11-17/h1,4,17-22H,2,5-16,27H2,(H,28,33)(H,29,32)/t18-,19-,20?,21-,22-/m0/s1. The van der Waals surface area contributed by atoms with Gasteiger partial charge in [0.1, 0.15) is 6.04 Å². The summed E-state index contributed by atoms with van der Waals surface area (Å²) in [6.07, 6.45) is 15.3. The Labute approximate surface area is 202 Å². The predicted molar refractivity (Wildman–Crippen MR) is 129 cm³/mol. The molecule has 0 aromatic rings. The van der Waals surface area contributed by atoms with E-state index in [4.69, 9.17) is 12.2 Å². The first-order valence-corrected chi connectivity index (χ1v) is 12.6. The number of hydrogen-bond donors (Lipinski definition) is 3. The van der Waals surface area contributed by atoms with E-state index in [2.05, 4.69) is 23.1 Å². The molecule has 4 N–H and O–H groups in total. The summed E-state index contributed by atoms with van der Waals surface area (Å²) >= 11 is 0. The van der Waals surface area contributed by atoms with Gasteiger partial charge in [0.05, 0.1) is 12.1 Å². The lowest BCUT2D eigenvalue weighted by atomic mass is 9.83. The van der Waals surface area contributed by atoms with Crippen molar-refractivity contribution < 1.29 is 19.2 Å². The smallest absolute Gasteiger partial charge is 0.289 e. The van der Waals surface area contributed by atoms with Crippen LogP contribution < -0.4 is 16.4 Å². The fourth-order valence-electron chi connectivity index (χ4n) is 5.92. The maximum absolute atomic E-state index is 13.5. The van der Waals surface area contributed by atoms with E-state index >= 15 is 0 Å². The number of rotatable bonds is 10. The molecule has 8 nitrogen and oxygen atoms in total. The number of carbonyl (C=O) groups is 4. The minimum atomic E-state index is -1.04. The van der Waals surface area contributed by atoms with E-state index in [9.17, 15) is 19.2 Å². The number of nitrogens with zero attached hydrogens (tertiary/aromatic N) is 1. The Bertz CT molecular complexity index is 829. The number of Topliss-reactive ketones (excluding diaryl/α,β-unsaturated/α-hetero) is 1. The molecule has 1 heterocycles. The monoisotopic (exact) mass is 470 g/mol. The highest BCUT2D eigenvalue weighted by Gasteiger charge is 2.51. The van der Waals surface area contributed by atoms with E-state index in [0.29, 0.717) is 6.54 Å². The van der Waals surface area contributed by atoms with Crippen LogP contribution in [0.2, 0.25) is 0 Å². The van der Waals surface area contributed by atoms with Gasteiger partial charge in [-0.1, -0.05) is 31.8 Å². The van der Waals surface area contributed by atoms with Crippen LogP contribution >= 0.6 is 0 Å². The second kappa shape index (κ2) is 12.2. The SMILES string of the molecule is C#CCCC(NC(=O)[C@@H]1[C@H]2CCC[C@H]2CN1C(=O)[C@@H](N)C1CCCCC1)C(=O)C(=O)NCC=C. The summed E-state index contributed by atoms with van der Waals surface area (Å²) in [6, 6.07) is -2.33. The summed E-state index contributed by atoms with van der Waals surface area (Å²) in [7, 11) is 0. The highest BCUT2D eigenvalue weighted by atomic mass is 16.2. The Kier molecular flexibility index (Phi) is 9.28. The number of likely N-dealkylation sites (tertiary alicyclic amines) is 1. The average Bonchev–Trinajstić information content (AvgIpc) is 3.45. The summed E-state index contributed by atoms with van der Waals surface area (Å²) in [4.78, 5) is 53.6. The molecule has 0 aromatic heterocycles. The number of nitrogens with two attached hydrogens (primary N) is 1. The molecule has 5 atom stereocenters. The number of terminal acetylenes is 1. The number of carbonyl (C=O) groups excluding carboxylic acids is 4. The van der Waals surface area contributed by atoms with Gasteiger partial charge in [0.25, 0.3) is 5.91 Å². The van der Waals surface area contributed by atoms with Crippen molar-refractivity contribution in [1.82, 2.24) is 15.5 Å². The molecular weight excluding hydrogens is 432 g/mol. The lowest BCUT2D eigenvalue weighted by molar-refractivity contribution is -0.143. The van der Waals surface area contributed by atoms with Crippen LogP contribution in [0.3, 0.4) is 0 Å². The molecule has 1 unspecified atom stereocenters. The lowest BCUT2D eigenvalue weighted by Crippen LogP contribution is -2.57. The molecule has 2 aliphatic carbocycles. The molecule has 0 radical (unpaired) electrons.